The van der Waals surface area contributed by atoms with Gasteiger partial charge < -0.3 is 10.9 Å². The fourth-order valence-corrected chi connectivity index (χ4v) is 3.58. The number of hydrogen-bond acceptors (Lipinski definition) is 5. The van der Waals surface area contributed by atoms with Crippen molar-refractivity contribution in [1.29, 1.82) is 0 Å². The molecule has 0 aliphatic carbocycles. The quantitative estimate of drug-likeness (QED) is 0.312. The summed E-state index contributed by atoms with van der Waals surface area (Å²) in [5, 5.41) is 15.1. The summed E-state index contributed by atoms with van der Waals surface area (Å²) >= 11 is 5.80. The number of nitrogens with zero attached hydrogens (tertiary/aromatic N) is 3. The van der Waals surface area contributed by atoms with E-state index < -0.39 is 15.6 Å². The van der Waals surface area contributed by atoms with Gasteiger partial charge in [0.1, 0.15) is 0 Å². The molecule has 0 fully saturated rings. The van der Waals surface area contributed by atoms with Crippen LogP contribution in [0.2, 0.25) is 5.02 Å². The van der Waals surface area contributed by atoms with Gasteiger partial charge in [-0.15, -0.1) is 0 Å². The largest absolute Gasteiger partial charge is 0.409 e. The van der Waals surface area contributed by atoms with Crippen molar-refractivity contribution in [2.24, 2.45) is 17.9 Å². The second kappa shape index (κ2) is 5.35. The Kier molecular flexibility index (Phi) is 4.43. The van der Waals surface area contributed by atoms with Gasteiger partial charge in [0.2, 0.25) is 0 Å². The summed E-state index contributed by atoms with van der Waals surface area (Å²) in [6.45, 7) is 3.20. The Morgan fingerprint density at radius 1 is 1.74 bits per heavy atom. The average molecular weight is 310 g/mol. The Morgan fingerprint density at radius 2 is 2.32 bits per heavy atom. The number of hydrogen-bond donors (Lipinski definition) is 3. The van der Waals surface area contributed by atoms with Gasteiger partial charge in [-0.25, -0.2) is 8.42 Å². The molecule has 1 rings (SSSR count). The molecule has 0 radical (unpaired) electrons. The Morgan fingerprint density at radius 3 is 2.68 bits per heavy atom. The third kappa shape index (κ3) is 2.99. The maximum Gasteiger partial charge on any atom is 0.260 e. The van der Waals surface area contributed by atoms with Gasteiger partial charge in [0.05, 0.1) is 16.8 Å². The van der Waals surface area contributed by atoms with Crippen molar-refractivity contribution in [1.82, 2.24) is 14.5 Å². The molecule has 0 saturated heterocycles. The fourth-order valence-electron chi connectivity index (χ4n) is 1.46. The van der Waals surface area contributed by atoms with Crippen LogP contribution in [-0.4, -0.2) is 34.8 Å². The highest BCUT2D eigenvalue weighted by molar-refractivity contribution is 7.89. The highest BCUT2D eigenvalue weighted by Gasteiger charge is 2.35. The van der Waals surface area contributed by atoms with E-state index >= 15 is 0 Å². The van der Waals surface area contributed by atoms with E-state index in [2.05, 4.69) is 15.0 Å². The first-order valence-corrected chi connectivity index (χ1v) is 7.23. The summed E-state index contributed by atoms with van der Waals surface area (Å²) in [5.41, 5.74) is 4.30. The van der Waals surface area contributed by atoms with Gasteiger partial charge in [-0.05, 0) is 13.3 Å². The minimum Gasteiger partial charge on any atom is -0.409 e. The third-order valence-electron chi connectivity index (χ3n) is 2.84. The van der Waals surface area contributed by atoms with Crippen LogP contribution in [-0.2, 0) is 17.1 Å². The Hall–Kier alpha value is -1.32. The van der Waals surface area contributed by atoms with E-state index in [1.165, 1.54) is 20.2 Å². The molecule has 10 heteroatoms. The number of halogens is 1. The van der Waals surface area contributed by atoms with Crippen LogP contribution in [0.3, 0.4) is 0 Å². The van der Waals surface area contributed by atoms with Gasteiger partial charge in [-0.1, -0.05) is 23.7 Å². The molecular weight excluding hydrogens is 294 g/mol. The van der Waals surface area contributed by atoms with Gasteiger partial charge in [-0.2, -0.15) is 9.82 Å². The predicted molar refractivity (Wildman–Crippen MR) is 70.6 cm³/mol. The van der Waals surface area contributed by atoms with Crippen molar-refractivity contribution in [3.8, 4) is 0 Å². The van der Waals surface area contributed by atoms with E-state index in [9.17, 15) is 8.42 Å². The molecule has 108 valence electrons. The Bertz CT molecular complexity index is 577. The minimum atomic E-state index is -3.96. The van der Waals surface area contributed by atoms with Crippen LogP contribution < -0.4 is 10.5 Å². The maximum absolute atomic E-state index is 12.3. The molecule has 8 nitrogen and oxygen atoms in total. The molecule has 0 aromatic carbocycles. The highest BCUT2D eigenvalue weighted by atomic mass is 35.5. The van der Waals surface area contributed by atoms with E-state index in [0.717, 1.165) is 4.68 Å². The Labute approximate surface area is 116 Å². The van der Waals surface area contributed by atoms with E-state index in [4.69, 9.17) is 22.5 Å². The van der Waals surface area contributed by atoms with Crippen molar-refractivity contribution in [3.05, 3.63) is 11.2 Å². The van der Waals surface area contributed by atoms with E-state index in [0.29, 0.717) is 0 Å². The first-order chi connectivity index (χ1) is 8.68. The molecule has 0 spiro atoms. The lowest BCUT2D eigenvalue weighted by molar-refractivity contribution is 0.310. The second-order valence-electron chi connectivity index (χ2n) is 4.20. The summed E-state index contributed by atoms with van der Waals surface area (Å²) in [6.07, 6.45) is 1.51. The third-order valence-corrected chi connectivity index (χ3v) is 4.94. The van der Waals surface area contributed by atoms with Gasteiger partial charge in [-0.3, -0.25) is 4.68 Å². The van der Waals surface area contributed by atoms with Crippen molar-refractivity contribution >= 4 is 27.5 Å². The SMILES string of the molecule is CCC(C)(NS(=O)(=O)c1c(Cl)cnn1C)C(N)=NO. The molecule has 1 heterocycles. The highest BCUT2D eigenvalue weighted by Crippen LogP contribution is 2.22. The lowest BCUT2D eigenvalue weighted by Crippen LogP contribution is -2.55. The standard InChI is InChI=1S/C9H16ClN5O3S/c1-4-9(2,8(11)13-16)14-19(17,18)7-6(10)5-12-15(7)3/h5,14,16H,4H2,1-3H3,(H2,11,13). The molecule has 19 heavy (non-hydrogen) atoms. The van der Waals surface area contributed by atoms with Crippen molar-refractivity contribution in [3.63, 3.8) is 0 Å². The zero-order chi connectivity index (χ0) is 14.8. The van der Waals surface area contributed by atoms with Gasteiger partial charge in [0, 0.05) is 7.05 Å². The molecule has 1 unspecified atom stereocenters. The molecule has 0 aliphatic heterocycles. The maximum atomic E-state index is 12.3. The number of amidine groups is 1. The summed E-state index contributed by atoms with van der Waals surface area (Å²) in [4.78, 5) is 0. The number of aromatic nitrogens is 2. The lowest BCUT2D eigenvalue weighted by Gasteiger charge is -2.27. The monoisotopic (exact) mass is 309 g/mol. The number of nitrogens with two attached hydrogens (primary N) is 1. The van der Waals surface area contributed by atoms with Crippen molar-refractivity contribution in [2.75, 3.05) is 0 Å². The molecular formula is C9H16ClN5O3S. The summed E-state index contributed by atoms with van der Waals surface area (Å²) in [7, 11) is -2.50. The van der Waals surface area contributed by atoms with Crippen molar-refractivity contribution < 1.29 is 13.6 Å². The molecule has 1 atom stereocenters. The smallest absolute Gasteiger partial charge is 0.260 e. The van der Waals surface area contributed by atoms with Crippen LogP contribution in [0.4, 0.5) is 0 Å². The molecule has 0 amide bonds. The molecule has 1 aromatic rings. The van der Waals surface area contributed by atoms with Crippen LogP contribution in [0.5, 0.6) is 0 Å². The lowest BCUT2D eigenvalue weighted by atomic mass is 10.00. The summed E-state index contributed by atoms with van der Waals surface area (Å²) in [5.74, 6) is -0.239. The van der Waals surface area contributed by atoms with Gasteiger partial charge in [0.25, 0.3) is 10.0 Å². The average Bonchev–Trinajstić information content (AvgIpc) is 2.67. The van der Waals surface area contributed by atoms with Crippen LogP contribution in [0, 0.1) is 0 Å². The summed E-state index contributed by atoms with van der Waals surface area (Å²) in [6, 6.07) is 0. The number of sulfonamides is 1. The zero-order valence-electron chi connectivity index (χ0n) is 10.8. The molecule has 4 N–H and O–H groups in total. The van der Waals surface area contributed by atoms with Gasteiger partial charge >= 0.3 is 0 Å². The van der Waals surface area contributed by atoms with E-state index in [1.807, 2.05) is 0 Å². The first-order valence-electron chi connectivity index (χ1n) is 5.37. The van der Waals surface area contributed by atoms with E-state index in [1.54, 1.807) is 6.92 Å². The number of aryl methyl sites for hydroxylation is 1. The first kappa shape index (κ1) is 15.7. The van der Waals surface area contributed by atoms with Crippen LogP contribution in [0.25, 0.3) is 0 Å². The molecule has 0 aliphatic rings. The molecule has 0 bridgehead atoms. The number of rotatable bonds is 5. The van der Waals surface area contributed by atoms with Crippen LogP contribution in [0.1, 0.15) is 20.3 Å². The topological polar surface area (TPSA) is 123 Å². The number of nitrogens with one attached hydrogen (secondary N) is 1. The normalized spacial score (nSPS) is 16.3. The fraction of sp³-hybridized carbons (Fsp3) is 0.556. The number of oxime groups is 1. The van der Waals surface area contributed by atoms with Crippen LogP contribution >= 0.6 is 11.6 Å². The predicted octanol–water partition coefficient (Wildman–Crippen LogP) is 0.267. The van der Waals surface area contributed by atoms with Gasteiger partial charge in [0.15, 0.2) is 10.9 Å². The molecule has 1 aromatic heterocycles. The van der Waals surface area contributed by atoms with Crippen molar-refractivity contribution in [2.45, 2.75) is 30.8 Å². The van der Waals surface area contributed by atoms with E-state index in [-0.39, 0.29) is 22.3 Å². The zero-order valence-corrected chi connectivity index (χ0v) is 12.3. The Balaban J connectivity index is 3.24. The molecule has 0 saturated carbocycles. The summed E-state index contributed by atoms with van der Waals surface area (Å²) < 4.78 is 28.1. The minimum absolute atomic E-state index is 0.00652. The second-order valence-corrected chi connectivity index (χ2v) is 6.20. The van der Waals surface area contributed by atoms with Crippen LogP contribution in [0.15, 0.2) is 16.4 Å².